The molecule has 2 N–H and O–H groups in total. The van der Waals surface area contributed by atoms with E-state index in [-0.39, 0.29) is 18.6 Å². The summed E-state index contributed by atoms with van der Waals surface area (Å²) < 4.78 is 0. The Kier molecular flexibility index (Phi) is 5.05. The Morgan fingerprint density at radius 2 is 2.13 bits per heavy atom. The first-order chi connectivity index (χ1) is 7.15. The first-order valence-electron chi connectivity index (χ1n) is 5.75. The summed E-state index contributed by atoms with van der Waals surface area (Å²) in [5.74, 6) is 0.0588. The molecular formula is C11H22N2O2. The third kappa shape index (κ3) is 3.80. The number of hydrogen-bond acceptors (Lipinski definition) is 3. The highest BCUT2D eigenvalue weighted by Crippen LogP contribution is 2.17. The maximum absolute atomic E-state index is 11.7. The normalized spacial score (nSPS) is 19.1. The number of nitrogens with zero attached hydrogens (tertiary/aromatic N) is 1. The van der Waals surface area contributed by atoms with E-state index in [0.29, 0.717) is 12.6 Å². The van der Waals surface area contributed by atoms with E-state index in [1.165, 1.54) is 25.7 Å². The fourth-order valence-corrected chi connectivity index (χ4v) is 1.85. The Morgan fingerprint density at radius 1 is 1.53 bits per heavy atom. The summed E-state index contributed by atoms with van der Waals surface area (Å²) in [5.41, 5.74) is 0. The van der Waals surface area contributed by atoms with Gasteiger partial charge in [0.1, 0.15) is 0 Å². The third-order valence-electron chi connectivity index (χ3n) is 3.22. The molecule has 1 aliphatic rings. The lowest BCUT2D eigenvalue weighted by Crippen LogP contribution is -2.44. The summed E-state index contributed by atoms with van der Waals surface area (Å²) in [6.07, 6.45) is 4.92. The lowest BCUT2D eigenvalue weighted by Gasteiger charge is -2.24. The molecule has 1 unspecified atom stereocenters. The van der Waals surface area contributed by atoms with Crippen LogP contribution in [0.5, 0.6) is 0 Å². The highest BCUT2D eigenvalue weighted by molar-refractivity contribution is 5.78. The molecule has 0 bridgehead atoms. The molecule has 0 radical (unpaired) electrons. The summed E-state index contributed by atoms with van der Waals surface area (Å²) in [6.45, 7) is 2.25. The van der Waals surface area contributed by atoms with E-state index in [2.05, 4.69) is 5.32 Å². The molecule has 1 rings (SSSR count). The van der Waals surface area contributed by atoms with Gasteiger partial charge in [0.25, 0.3) is 0 Å². The minimum atomic E-state index is -0.0946. The fraction of sp³-hybridized carbons (Fsp3) is 0.909. The number of nitrogens with one attached hydrogen (secondary N) is 1. The average molecular weight is 214 g/mol. The van der Waals surface area contributed by atoms with Crippen molar-refractivity contribution in [2.75, 3.05) is 20.2 Å². The molecule has 0 aromatic heterocycles. The van der Waals surface area contributed by atoms with Crippen LogP contribution in [0.15, 0.2) is 0 Å². The smallest absolute Gasteiger partial charge is 0.236 e. The lowest BCUT2D eigenvalue weighted by atomic mass is 10.2. The monoisotopic (exact) mass is 214 g/mol. The molecule has 1 aliphatic carbocycles. The molecule has 0 aromatic rings. The van der Waals surface area contributed by atoms with E-state index in [4.69, 9.17) is 5.11 Å². The standard InChI is InChI=1S/C11H22N2O2/c1-9(8-14)13(2)11(15)7-12-10-5-3-4-6-10/h9-10,12,14H,3-8H2,1-2H3. The fourth-order valence-electron chi connectivity index (χ4n) is 1.85. The second-order valence-electron chi connectivity index (χ2n) is 4.40. The van der Waals surface area contributed by atoms with Gasteiger partial charge in [-0.05, 0) is 19.8 Å². The second-order valence-corrected chi connectivity index (χ2v) is 4.40. The van der Waals surface area contributed by atoms with Crippen LogP contribution < -0.4 is 5.32 Å². The van der Waals surface area contributed by atoms with Crippen molar-refractivity contribution < 1.29 is 9.90 Å². The largest absolute Gasteiger partial charge is 0.394 e. The van der Waals surface area contributed by atoms with Crippen LogP contribution in [0.1, 0.15) is 32.6 Å². The molecule has 1 atom stereocenters. The zero-order valence-corrected chi connectivity index (χ0v) is 9.70. The van der Waals surface area contributed by atoms with Crippen LogP contribution >= 0.6 is 0 Å². The Hall–Kier alpha value is -0.610. The second kappa shape index (κ2) is 6.08. The predicted molar refractivity (Wildman–Crippen MR) is 59.6 cm³/mol. The number of hydrogen-bond donors (Lipinski definition) is 2. The summed E-state index contributed by atoms with van der Waals surface area (Å²) in [7, 11) is 1.74. The van der Waals surface area contributed by atoms with E-state index in [9.17, 15) is 4.79 Å². The minimum absolute atomic E-state index is 0.0195. The number of rotatable bonds is 5. The highest BCUT2D eigenvalue weighted by Gasteiger charge is 2.18. The molecule has 1 saturated carbocycles. The van der Waals surface area contributed by atoms with Gasteiger partial charge in [0.05, 0.1) is 19.2 Å². The van der Waals surface area contributed by atoms with Gasteiger partial charge < -0.3 is 15.3 Å². The number of likely N-dealkylation sites (N-methyl/N-ethyl adjacent to an activating group) is 1. The first-order valence-corrected chi connectivity index (χ1v) is 5.75. The van der Waals surface area contributed by atoms with Crippen molar-refractivity contribution in [1.82, 2.24) is 10.2 Å². The Bertz CT molecular complexity index is 203. The van der Waals surface area contributed by atoms with Crippen LogP contribution in [0, 0.1) is 0 Å². The molecule has 0 aliphatic heterocycles. The molecule has 1 fully saturated rings. The number of carbonyl (C=O) groups is 1. The van der Waals surface area contributed by atoms with Crippen LogP contribution in [0.2, 0.25) is 0 Å². The minimum Gasteiger partial charge on any atom is -0.394 e. The number of aliphatic hydroxyl groups is 1. The van der Waals surface area contributed by atoms with E-state index < -0.39 is 0 Å². The van der Waals surface area contributed by atoms with Gasteiger partial charge in [0, 0.05) is 13.1 Å². The van der Waals surface area contributed by atoms with Crippen molar-refractivity contribution in [3.8, 4) is 0 Å². The van der Waals surface area contributed by atoms with Crippen molar-refractivity contribution in [2.24, 2.45) is 0 Å². The van der Waals surface area contributed by atoms with Gasteiger partial charge in [0.2, 0.25) is 5.91 Å². The van der Waals surface area contributed by atoms with E-state index in [1.807, 2.05) is 6.92 Å². The molecule has 1 amide bonds. The molecule has 15 heavy (non-hydrogen) atoms. The molecule has 88 valence electrons. The summed E-state index contributed by atoms with van der Waals surface area (Å²) >= 11 is 0. The summed E-state index contributed by atoms with van der Waals surface area (Å²) in [6, 6.07) is 0.426. The number of aliphatic hydroxyl groups excluding tert-OH is 1. The van der Waals surface area contributed by atoms with Crippen molar-refractivity contribution in [3.05, 3.63) is 0 Å². The number of amides is 1. The maximum Gasteiger partial charge on any atom is 0.236 e. The van der Waals surface area contributed by atoms with Crippen LogP contribution in [0.25, 0.3) is 0 Å². The molecule has 4 heteroatoms. The zero-order chi connectivity index (χ0) is 11.3. The van der Waals surface area contributed by atoms with Gasteiger partial charge in [0.15, 0.2) is 0 Å². The highest BCUT2D eigenvalue weighted by atomic mass is 16.3. The van der Waals surface area contributed by atoms with Crippen LogP contribution in [-0.4, -0.2) is 48.2 Å². The Labute approximate surface area is 91.6 Å². The average Bonchev–Trinajstić information content (AvgIpc) is 2.76. The molecular weight excluding hydrogens is 192 g/mol. The molecule has 0 spiro atoms. The molecule has 4 nitrogen and oxygen atoms in total. The van der Waals surface area contributed by atoms with Crippen molar-refractivity contribution >= 4 is 5.91 Å². The van der Waals surface area contributed by atoms with E-state index >= 15 is 0 Å². The lowest BCUT2D eigenvalue weighted by molar-refractivity contribution is -0.131. The van der Waals surface area contributed by atoms with Gasteiger partial charge in [-0.25, -0.2) is 0 Å². The zero-order valence-electron chi connectivity index (χ0n) is 9.70. The Balaban J connectivity index is 2.22. The SMILES string of the molecule is CC(CO)N(C)C(=O)CNC1CCCC1. The maximum atomic E-state index is 11.7. The van der Waals surface area contributed by atoms with Crippen LogP contribution in [0.4, 0.5) is 0 Å². The predicted octanol–water partition coefficient (Wildman–Crippen LogP) is 0.358. The quantitative estimate of drug-likeness (QED) is 0.694. The first kappa shape index (κ1) is 12.5. The van der Waals surface area contributed by atoms with E-state index in [0.717, 1.165) is 0 Å². The van der Waals surface area contributed by atoms with Crippen LogP contribution in [-0.2, 0) is 4.79 Å². The summed E-state index contributed by atoms with van der Waals surface area (Å²) in [5, 5.41) is 12.2. The van der Waals surface area contributed by atoms with Gasteiger partial charge in [-0.15, -0.1) is 0 Å². The van der Waals surface area contributed by atoms with E-state index in [1.54, 1.807) is 11.9 Å². The molecule has 0 saturated heterocycles. The van der Waals surface area contributed by atoms with Gasteiger partial charge >= 0.3 is 0 Å². The van der Waals surface area contributed by atoms with Gasteiger partial charge in [-0.2, -0.15) is 0 Å². The topological polar surface area (TPSA) is 52.6 Å². The molecule has 0 aromatic carbocycles. The van der Waals surface area contributed by atoms with Gasteiger partial charge in [-0.3, -0.25) is 4.79 Å². The van der Waals surface area contributed by atoms with Crippen molar-refractivity contribution in [2.45, 2.75) is 44.7 Å². The molecule has 0 heterocycles. The number of carbonyl (C=O) groups excluding carboxylic acids is 1. The summed E-state index contributed by atoms with van der Waals surface area (Å²) in [4.78, 5) is 13.3. The third-order valence-corrected chi connectivity index (χ3v) is 3.22. The van der Waals surface area contributed by atoms with Gasteiger partial charge in [-0.1, -0.05) is 12.8 Å². The van der Waals surface area contributed by atoms with Crippen molar-refractivity contribution in [3.63, 3.8) is 0 Å². The van der Waals surface area contributed by atoms with Crippen LogP contribution in [0.3, 0.4) is 0 Å². The Morgan fingerprint density at radius 3 is 2.67 bits per heavy atom. The van der Waals surface area contributed by atoms with Crippen molar-refractivity contribution in [1.29, 1.82) is 0 Å².